The predicted molar refractivity (Wildman–Crippen MR) is 75.7 cm³/mol. The van der Waals surface area contributed by atoms with Crippen LogP contribution in [0.15, 0.2) is 60.8 Å². The first kappa shape index (κ1) is 11.4. The lowest BCUT2D eigenvalue weighted by Crippen LogP contribution is -2.11. The van der Waals surface area contributed by atoms with E-state index in [1.165, 1.54) is 0 Å². The second-order valence-corrected chi connectivity index (χ2v) is 4.33. The summed E-state index contributed by atoms with van der Waals surface area (Å²) in [6.07, 6.45) is 1.77. The van der Waals surface area contributed by atoms with Crippen molar-refractivity contribution < 1.29 is 4.79 Å². The third-order valence-electron chi connectivity index (χ3n) is 3.08. The molecule has 0 aliphatic heterocycles. The van der Waals surface area contributed by atoms with E-state index in [0.717, 1.165) is 16.5 Å². The molecule has 0 spiro atoms. The molecule has 1 heterocycles. The highest BCUT2D eigenvalue weighted by atomic mass is 16.1. The highest BCUT2D eigenvalue weighted by molar-refractivity contribution is 6.05. The minimum atomic E-state index is -0.453. The van der Waals surface area contributed by atoms with Crippen molar-refractivity contribution in [1.29, 1.82) is 0 Å². The standard InChI is InChI=1S/C16H12N2O/c17-16(19)14-8-4-7-12-9-13(10-18-15(12)14)11-5-2-1-3-6-11/h1-10H,(H2,17,19). The van der Waals surface area contributed by atoms with E-state index in [2.05, 4.69) is 4.98 Å². The van der Waals surface area contributed by atoms with Crippen LogP contribution in [-0.2, 0) is 0 Å². The molecule has 0 fully saturated rings. The normalized spacial score (nSPS) is 10.5. The summed E-state index contributed by atoms with van der Waals surface area (Å²) in [6, 6.07) is 17.5. The zero-order chi connectivity index (χ0) is 13.2. The van der Waals surface area contributed by atoms with Crippen molar-refractivity contribution in [3.05, 3.63) is 66.4 Å². The van der Waals surface area contributed by atoms with Crippen molar-refractivity contribution >= 4 is 16.8 Å². The number of aromatic nitrogens is 1. The Labute approximate surface area is 110 Å². The number of benzene rings is 2. The third-order valence-corrected chi connectivity index (χ3v) is 3.08. The topological polar surface area (TPSA) is 56.0 Å². The SMILES string of the molecule is NC(=O)c1cccc2cc(-c3ccccc3)cnc12. The average molecular weight is 248 g/mol. The number of para-hydroxylation sites is 1. The molecule has 1 amide bonds. The number of amides is 1. The van der Waals surface area contributed by atoms with Gasteiger partial charge in [-0.2, -0.15) is 0 Å². The van der Waals surface area contributed by atoms with Gasteiger partial charge in [-0.3, -0.25) is 9.78 Å². The van der Waals surface area contributed by atoms with Gasteiger partial charge < -0.3 is 5.73 Å². The first-order valence-corrected chi connectivity index (χ1v) is 6.00. The number of hydrogen-bond donors (Lipinski definition) is 1. The van der Waals surface area contributed by atoms with E-state index in [1.807, 2.05) is 48.5 Å². The molecular weight excluding hydrogens is 236 g/mol. The van der Waals surface area contributed by atoms with Gasteiger partial charge in [0, 0.05) is 17.1 Å². The van der Waals surface area contributed by atoms with Crippen LogP contribution in [0.3, 0.4) is 0 Å². The van der Waals surface area contributed by atoms with Gasteiger partial charge in [-0.15, -0.1) is 0 Å². The quantitative estimate of drug-likeness (QED) is 0.758. The Kier molecular flexibility index (Phi) is 2.72. The minimum Gasteiger partial charge on any atom is -0.366 e. The monoisotopic (exact) mass is 248 g/mol. The number of primary amides is 1. The molecule has 0 saturated carbocycles. The molecule has 0 saturated heterocycles. The van der Waals surface area contributed by atoms with Crippen molar-refractivity contribution in [3.8, 4) is 11.1 Å². The molecule has 2 N–H and O–H groups in total. The van der Waals surface area contributed by atoms with E-state index in [1.54, 1.807) is 12.3 Å². The molecule has 3 aromatic rings. The summed E-state index contributed by atoms with van der Waals surface area (Å²) in [7, 11) is 0. The molecule has 3 rings (SSSR count). The smallest absolute Gasteiger partial charge is 0.250 e. The lowest BCUT2D eigenvalue weighted by atomic mass is 10.0. The van der Waals surface area contributed by atoms with E-state index in [-0.39, 0.29) is 0 Å². The number of fused-ring (bicyclic) bond motifs is 1. The number of pyridine rings is 1. The Morgan fingerprint density at radius 1 is 0.947 bits per heavy atom. The van der Waals surface area contributed by atoms with Crippen molar-refractivity contribution in [3.63, 3.8) is 0 Å². The Bertz CT molecular complexity index is 751. The van der Waals surface area contributed by atoms with Gasteiger partial charge in [0.25, 0.3) is 5.91 Å². The molecule has 0 radical (unpaired) electrons. The molecule has 3 heteroatoms. The summed E-state index contributed by atoms with van der Waals surface area (Å²) in [5.74, 6) is -0.453. The Morgan fingerprint density at radius 3 is 2.47 bits per heavy atom. The van der Waals surface area contributed by atoms with Crippen LogP contribution in [0, 0.1) is 0 Å². The molecule has 0 bridgehead atoms. The van der Waals surface area contributed by atoms with E-state index in [9.17, 15) is 4.79 Å². The predicted octanol–water partition coefficient (Wildman–Crippen LogP) is 3.00. The van der Waals surface area contributed by atoms with Crippen molar-refractivity contribution in [2.45, 2.75) is 0 Å². The van der Waals surface area contributed by atoms with Gasteiger partial charge in [0.1, 0.15) is 0 Å². The van der Waals surface area contributed by atoms with E-state index < -0.39 is 5.91 Å². The van der Waals surface area contributed by atoms with Crippen LogP contribution in [-0.4, -0.2) is 10.9 Å². The summed E-state index contributed by atoms with van der Waals surface area (Å²) in [5, 5.41) is 0.914. The van der Waals surface area contributed by atoms with Crippen molar-refractivity contribution in [1.82, 2.24) is 4.98 Å². The zero-order valence-electron chi connectivity index (χ0n) is 10.2. The van der Waals surface area contributed by atoms with Crippen LogP contribution < -0.4 is 5.73 Å². The van der Waals surface area contributed by atoms with Crippen LogP contribution in [0.5, 0.6) is 0 Å². The highest BCUT2D eigenvalue weighted by Crippen LogP contribution is 2.24. The first-order valence-electron chi connectivity index (χ1n) is 6.00. The lowest BCUT2D eigenvalue weighted by molar-refractivity contribution is 0.100. The fourth-order valence-corrected chi connectivity index (χ4v) is 2.15. The van der Waals surface area contributed by atoms with Crippen LogP contribution in [0.2, 0.25) is 0 Å². The number of carbonyl (C=O) groups excluding carboxylic acids is 1. The van der Waals surface area contributed by atoms with Crippen LogP contribution in [0.1, 0.15) is 10.4 Å². The number of nitrogens with zero attached hydrogens (tertiary/aromatic N) is 1. The van der Waals surface area contributed by atoms with E-state index in [4.69, 9.17) is 5.73 Å². The van der Waals surface area contributed by atoms with Crippen LogP contribution in [0.25, 0.3) is 22.0 Å². The van der Waals surface area contributed by atoms with Crippen molar-refractivity contribution in [2.24, 2.45) is 5.73 Å². The van der Waals surface area contributed by atoms with Gasteiger partial charge in [0.15, 0.2) is 0 Å². The summed E-state index contributed by atoms with van der Waals surface area (Å²) in [4.78, 5) is 15.7. The Morgan fingerprint density at radius 2 is 1.74 bits per heavy atom. The fourth-order valence-electron chi connectivity index (χ4n) is 2.15. The highest BCUT2D eigenvalue weighted by Gasteiger charge is 2.08. The van der Waals surface area contributed by atoms with Crippen LogP contribution >= 0.6 is 0 Å². The Balaban J connectivity index is 2.20. The second-order valence-electron chi connectivity index (χ2n) is 4.33. The van der Waals surface area contributed by atoms with Crippen LogP contribution in [0.4, 0.5) is 0 Å². The summed E-state index contributed by atoms with van der Waals surface area (Å²) in [6.45, 7) is 0. The second kappa shape index (κ2) is 4.53. The number of carbonyl (C=O) groups is 1. The molecule has 1 aromatic heterocycles. The number of hydrogen-bond acceptors (Lipinski definition) is 2. The van der Waals surface area contributed by atoms with Gasteiger partial charge in [-0.05, 0) is 17.7 Å². The number of nitrogens with two attached hydrogens (primary N) is 1. The largest absolute Gasteiger partial charge is 0.366 e. The zero-order valence-corrected chi connectivity index (χ0v) is 10.2. The number of rotatable bonds is 2. The summed E-state index contributed by atoms with van der Waals surface area (Å²) < 4.78 is 0. The van der Waals surface area contributed by atoms with Gasteiger partial charge in [-0.1, -0.05) is 42.5 Å². The lowest BCUT2D eigenvalue weighted by Gasteiger charge is -2.05. The minimum absolute atomic E-state index is 0.453. The average Bonchev–Trinajstić information content (AvgIpc) is 2.47. The van der Waals surface area contributed by atoms with Gasteiger partial charge >= 0.3 is 0 Å². The molecular formula is C16H12N2O. The first-order chi connectivity index (χ1) is 9.25. The maximum Gasteiger partial charge on any atom is 0.250 e. The molecule has 2 aromatic carbocycles. The Hall–Kier alpha value is -2.68. The third kappa shape index (κ3) is 2.06. The molecule has 92 valence electrons. The van der Waals surface area contributed by atoms with Gasteiger partial charge in [0.2, 0.25) is 0 Å². The fraction of sp³-hybridized carbons (Fsp3) is 0. The summed E-state index contributed by atoms with van der Waals surface area (Å²) in [5.41, 5.74) is 8.57. The molecule has 19 heavy (non-hydrogen) atoms. The van der Waals surface area contributed by atoms with Gasteiger partial charge in [-0.25, -0.2) is 0 Å². The molecule has 0 unspecified atom stereocenters. The molecule has 0 aliphatic carbocycles. The van der Waals surface area contributed by atoms with E-state index >= 15 is 0 Å². The molecule has 0 atom stereocenters. The van der Waals surface area contributed by atoms with E-state index in [0.29, 0.717) is 11.1 Å². The van der Waals surface area contributed by atoms with Gasteiger partial charge in [0.05, 0.1) is 11.1 Å². The van der Waals surface area contributed by atoms with Crippen molar-refractivity contribution in [2.75, 3.05) is 0 Å². The summed E-state index contributed by atoms with van der Waals surface area (Å²) >= 11 is 0. The maximum atomic E-state index is 11.4. The maximum absolute atomic E-state index is 11.4. The molecule has 3 nitrogen and oxygen atoms in total. The molecule has 0 aliphatic rings.